The number of carbonyl (C=O) groups excluding carboxylic acids is 1. The molecule has 0 aliphatic rings. The van der Waals surface area contributed by atoms with E-state index in [4.69, 9.17) is 11.6 Å². The fraction of sp³-hybridized carbons (Fsp3) is 0.0833. The lowest BCUT2D eigenvalue weighted by atomic mass is 10.4. The van der Waals surface area contributed by atoms with Crippen molar-refractivity contribution in [2.45, 2.75) is 6.92 Å². The van der Waals surface area contributed by atoms with Crippen molar-refractivity contribution < 1.29 is 4.79 Å². The molecular weight excluding hydrogens is 298 g/mol. The van der Waals surface area contributed by atoms with Gasteiger partial charge in [0.15, 0.2) is 15.9 Å². The fourth-order valence-corrected chi connectivity index (χ4v) is 2.74. The summed E-state index contributed by atoms with van der Waals surface area (Å²) in [5.41, 5.74) is 1.55. The van der Waals surface area contributed by atoms with E-state index in [1.807, 2.05) is 22.9 Å². The Morgan fingerprint density at radius 2 is 2.45 bits per heavy atom. The van der Waals surface area contributed by atoms with Gasteiger partial charge < -0.3 is 5.32 Å². The zero-order chi connectivity index (χ0) is 14.1. The summed E-state index contributed by atoms with van der Waals surface area (Å²) < 4.78 is 1.83. The number of halogens is 1. The normalized spacial score (nSPS) is 11.5. The number of nitrogens with one attached hydrogen (secondary N) is 2. The van der Waals surface area contributed by atoms with Gasteiger partial charge in [-0.2, -0.15) is 5.10 Å². The molecule has 0 bridgehead atoms. The lowest BCUT2D eigenvalue weighted by molar-refractivity contribution is -0.111. The third-order valence-electron chi connectivity index (χ3n) is 2.60. The molecule has 0 fully saturated rings. The number of aryl methyl sites for hydroxylation is 1. The largest absolute Gasteiger partial charge is 0.306 e. The van der Waals surface area contributed by atoms with Gasteiger partial charge in [0.2, 0.25) is 5.91 Å². The SMILES string of the molecule is Cc1cc(NC(=O)C=Cc2c(Cl)nc3sccn23)n[nH]1. The van der Waals surface area contributed by atoms with E-state index in [0.717, 1.165) is 10.7 Å². The van der Waals surface area contributed by atoms with Gasteiger partial charge in [0.05, 0.1) is 5.69 Å². The molecule has 3 rings (SSSR count). The molecule has 3 aromatic heterocycles. The van der Waals surface area contributed by atoms with Crippen molar-refractivity contribution in [3.8, 4) is 0 Å². The summed E-state index contributed by atoms with van der Waals surface area (Å²) in [6, 6.07) is 1.74. The summed E-state index contributed by atoms with van der Waals surface area (Å²) in [6.07, 6.45) is 4.88. The van der Waals surface area contributed by atoms with Gasteiger partial charge in [0, 0.05) is 29.4 Å². The Labute approximate surface area is 123 Å². The Hall–Kier alpha value is -2.12. The predicted molar refractivity (Wildman–Crippen MR) is 79.1 cm³/mol. The van der Waals surface area contributed by atoms with Gasteiger partial charge in [-0.25, -0.2) is 4.98 Å². The van der Waals surface area contributed by atoms with Crippen molar-refractivity contribution >= 4 is 45.7 Å². The minimum Gasteiger partial charge on any atom is -0.306 e. The van der Waals surface area contributed by atoms with Gasteiger partial charge in [-0.1, -0.05) is 11.6 Å². The van der Waals surface area contributed by atoms with E-state index in [-0.39, 0.29) is 5.91 Å². The summed E-state index contributed by atoms with van der Waals surface area (Å²) in [5, 5.41) is 11.6. The summed E-state index contributed by atoms with van der Waals surface area (Å²) in [4.78, 5) is 16.8. The van der Waals surface area contributed by atoms with Crippen LogP contribution in [0.4, 0.5) is 5.82 Å². The monoisotopic (exact) mass is 307 g/mol. The second kappa shape index (κ2) is 5.10. The van der Waals surface area contributed by atoms with Gasteiger partial charge >= 0.3 is 0 Å². The molecule has 0 radical (unpaired) electrons. The number of aromatic amines is 1. The van der Waals surface area contributed by atoms with Crippen molar-refractivity contribution in [3.05, 3.63) is 40.3 Å². The number of aromatic nitrogens is 4. The first-order valence-corrected chi connectivity index (χ1v) is 7.01. The average molecular weight is 308 g/mol. The Balaban J connectivity index is 1.78. The molecule has 0 unspecified atom stereocenters. The van der Waals surface area contributed by atoms with Gasteiger partial charge in [0.25, 0.3) is 0 Å². The highest BCUT2D eigenvalue weighted by molar-refractivity contribution is 7.15. The maximum Gasteiger partial charge on any atom is 0.249 e. The summed E-state index contributed by atoms with van der Waals surface area (Å²) >= 11 is 7.51. The number of amides is 1. The van der Waals surface area contributed by atoms with Crippen LogP contribution in [0.1, 0.15) is 11.4 Å². The minimum absolute atomic E-state index is 0.280. The van der Waals surface area contributed by atoms with E-state index >= 15 is 0 Å². The van der Waals surface area contributed by atoms with Crippen LogP contribution in [0.3, 0.4) is 0 Å². The first kappa shape index (κ1) is 12.9. The second-order valence-corrected chi connectivity index (χ2v) is 5.33. The highest BCUT2D eigenvalue weighted by Gasteiger charge is 2.09. The highest BCUT2D eigenvalue weighted by atomic mass is 35.5. The summed E-state index contributed by atoms with van der Waals surface area (Å²) in [6.45, 7) is 1.86. The number of rotatable bonds is 3. The topological polar surface area (TPSA) is 75.1 Å². The van der Waals surface area contributed by atoms with Gasteiger partial charge in [-0.15, -0.1) is 11.3 Å². The summed E-state index contributed by atoms with van der Waals surface area (Å²) in [5.74, 6) is 0.204. The molecule has 20 heavy (non-hydrogen) atoms. The van der Waals surface area contributed by atoms with E-state index in [2.05, 4.69) is 20.5 Å². The van der Waals surface area contributed by atoms with Crippen LogP contribution in [0, 0.1) is 6.92 Å². The lowest BCUT2D eigenvalue weighted by Crippen LogP contribution is -2.08. The van der Waals surface area contributed by atoms with Crippen LogP contribution in [0.25, 0.3) is 11.0 Å². The Bertz CT molecular complexity index is 800. The van der Waals surface area contributed by atoms with E-state index < -0.39 is 0 Å². The number of nitrogens with zero attached hydrogens (tertiary/aromatic N) is 3. The molecule has 3 heterocycles. The molecule has 0 saturated carbocycles. The van der Waals surface area contributed by atoms with Crippen LogP contribution >= 0.6 is 22.9 Å². The van der Waals surface area contributed by atoms with E-state index in [0.29, 0.717) is 16.7 Å². The molecule has 2 N–H and O–H groups in total. The number of fused-ring (bicyclic) bond motifs is 1. The Kier molecular flexibility index (Phi) is 3.29. The number of H-pyrrole nitrogens is 1. The highest BCUT2D eigenvalue weighted by Crippen LogP contribution is 2.22. The molecule has 102 valence electrons. The first-order valence-electron chi connectivity index (χ1n) is 5.75. The fourth-order valence-electron chi connectivity index (χ4n) is 1.73. The van der Waals surface area contributed by atoms with Gasteiger partial charge in [0.1, 0.15) is 0 Å². The number of anilines is 1. The molecule has 3 aromatic rings. The van der Waals surface area contributed by atoms with E-state index in [1.54, 1.807) is 12.1 Å². The number of imidazole rings is 1. The van der Waals surface area contributed by atoms with E-state index in [1.165, 1.54) is 17.4 Å². The molecule has 0 atom stereocenters. The predicted octanol–water partition coefficient (Wildman–Crippen LogP) is 2.73. The van der Waals surface area contributed by atoms with Gasteiger partial charge in [-0.3, -0.25) is 14.3 Å². The third-order valence-corrected chi connectivity index (χ3v) is 3.64. The molecule has 0 aliphatic carbocycles. The van der Waals surface area contributed by atoms with Crippen molar-refractivity contribution in [1.82, 2.24) is 19.6 Å². The zero-order valence-corrected chi connectivity index (χ0v) is 12.0. The number of thiazole rings is 1. The Morgan fingerprint density at radius 3 is 3.20 bits per heavy atom. The molecule has 0 aliphatic heterocycles. The molecule has 0 aromatic carbocycles. The van der Waals surface area contributed by atoms with Crippen LogP contribution in [0.2, 0.25) is 5.15 Å². The third kappa shape index (κ3) is 2.45. The number of hydrogen-bond donors (Lipinski definition) is 2. The van der Waals surface area contributed by atoms with Crippen molar-refractivity contribution in [1.29, 1.82) is 0 Å². The van der Waals surface area contributed by atoms with Gasteiger partial charge in [-0.05, 0) is 13.0 Å². The standard InChI is InChI=1S/C12H10ClN5OS/c1-7-6-9(17-16-7)14-10(19)3-2-8-11(13)15-12-18(8)4-5-20-12/h2-6H,1H3,(H2,14,16,17,19). The van der Waals surface area contributed by atoms with Crippen LogP contribution in [-0.2, 0) is 4.79 Å². The number of carbonyl (C=O) groups is 1. The zero-order valence-electron chi connectivity index (χ0n) is 10.4. The smallest absolute Gasteiger partial charge is 0.249 e. The van der Waals surface area contributed by atoms with Crippen molar-refractivity contribution in [2.24, 2.45) is 0 Å². The second-order valence-electron chi connectivity index (χ2n) is 4.10. The molecule has 0 spiro atoms. The lowest BCUT2D eigenvalue weighted by Gasteiger charge is -1.95. The van der Waals surface area contributed by atoms with Crippen LogP contribution < -0.4 is 5.32 Å². The Morgan fingerprint density at radius 1 is 1.60 bits per heavy atom. The molecule has 0 saturated heterocycles. The molecular formula is C12H10ClN5OS. The summed E-state index contributed by atoms with van der Waals surface area (Å²) in [7, 11) is 0. The average Bonchev–Trinajstić information content (AvgIpc) is 3.05. The minimum atomic E-state index is -0.280. The van der Waals surface area contributed by atoms with Crippen LogP contribution in [-0.4, -0.2) is 25.5 Å². The molecule has 8 heteroatoms. The van der Waals surface area contributed by atoms with Crippen LogP contribution in [0.15, 0.2) is 23.7 Å². The molecule has 6 nitrogen and oxygen atoms in total. The first-order chi connectivity index (χ1) is 9.63. The maximum atomic E-state index is 11.8. The van der Waals surface area contributed by atoms with Crippen molar-refractivity contribution in [2.75, 3.05) is 5.32 Å². The van der Waals surface area contributed by atoms with Crippen LogP contribution in [0.5, 0.6) is 0 Å². The molecule has 1 amide bonds. The quantitative estimate of drug-likeness (QED) is 0.731. The van der Waals surface area contributed by atoms with Crippen molar-refractivity contribution in [3.63, 3.8) is 0 Å². The maximum absolute atomic E-state index is 11.8. The van der Waals surface area contributed by atoms with E-state index in [9.17, 15) is 4.79 Å². The number of hydrogen-bond acceptors (Lipinski definition) is 4.